The van der Waals surface area contributed by atoms with Crippen LogP contribution in [0.4, 0.5) is 4.39 Å². The van der Waals surface area contributed by atoms with Gasteiger partial charge in [0, 0.05) is 23.9 Å². The van der Waals surface area contributed by atoms with E-state index in [-0.39, 0.29) is 17.7 Å². The Morgan fingerprint density at radius 2 is 1.79 bits per heavy atom. The van der Waals surface area contributed by atoms with E-state index in [1.807, 2.05) is 24.3 Å². The van der Waals surface area contributed by atoms with Gasteiger partial charge in [0.2, 0.25) is 15.9 Å². The first kappa shape index (κ1) is 18.8. The molecule has 1 aliphatic heterocycles. The van der Waals surface area contributed by atoms with Crippen molar-refractivity contribution >= 4 is 20.8 Å². The van der Waals surface area contributed by atoms with Crippen LogP contribution in [0.1, 0.15) is 18.4 Å². The highest BCUT2D eigenvalue weighted by Gasteiger charge is 2.29. The lowest BCUT2D eigenvalue weighted by atomic mass is 10.1. The molecule has 1 saturated heterocycles. The molecule has 0 radical (unpaired) electrons. The molecule has 0 atom stereocenters. The van der Waals surface area contributed by atoms with Crippen LogP contribution in [0.25, 0.3) is 10.8 Å². The first-order valence-corrected chi connectivity index (χ1v) is 10.7. The molecule has 4 rings (SSSR count). The number of nitrogens with zero attached hydrogens (tertiary/aromatic N) is 3. The van der Waals surface area contributed by atoms with Crippen molar-refractivity contribution in [1.29, 1.82) is 0 Å². The summed E-state index contributed by atoms with van der Waals surface area (Å²) >= 11 is 0. The quantitative estimate of drug-likeness (QED) is 0.657. The summed E-state index contributed by atoms with van der Waals surface area (Å²) in [6.45, 7) is 0.763. The Bertz CT molecular complexity index is 1060. The van der Waals surface area contributed by atoms with Crippen LogP contribution in [-0.2, 0) is 15.8 Å². The zero-order chi connectivity index (χ0) is 19.6. The third-order valence-electron chi connectivity index (χ3n) is 4.87. The lowest BCUT2D eigenvalue weighted by Gasteiger charge is -2.31. The largest absolute Gasteiger partial charge is 0.473 e. The highest BCUT2D eigenvalue weighted by Crippen LogP contribution is 2.26. The minimum absolute atomic E-state index is 0.114. The number of halogens is 1. The van der Waals surface area contributed by atoms with E-state index in [2.05, 4.69) is 10.2 Å². The Kier molecular flexibility index (Phi) is 5.23. The molecule has 1 fully saturated rings. The van der Waals surface area contributed by atoms with Crippen molar-refractivity contribution in [3.05, 3.63) is 66.1 Å². The molecule has 8 heteroatoms. The highest BCUT2D eigenvalue weighted by molar-refractivity contribution is 7.88. The van der Waals surface area contributed by atoms with E-state index in [9.17, 15) is 12.8 Å². The van der Waals surface area contributed by atoms with Crippen LogP contribution in [0.3, 0.4) is 0 Å². The number of rotatable bonds is 5. The normalized spacial score (nSPS) is 16.3. The van der Waals surface area contributed by atoms with Crippen molar-refractivity contribution in [2.75, 3.05) is 13.1 Å². The van der Waals surface area contributed by atoms with E-state index in [4.69, 9.17) is 4.74 Å². The molecule has 0 unspecified atom stereocenters. The molecule has 146 valence electrons. The van der Waals surface area contributed by atoms with Crippen LogP contribution in [-0.4, -0.2) is 42.1 Å². The lowest BCUT2D eigenvalue weighted by molar-refractivity contribution is 0.130. The molecule has 3 aromatic rings. The minimum atomic E-state index is -3.45. The zero-order valence-electron chi connectivity index (χ0n) is 15.2. The van der Waals surface area contributed by atoms with E-state index in [0.29, 0.717) is 37.4 Å². The summed E-state index contributed by atoms with van der Waals surface area (Å²) in [5.74, 6) is -0.0329. The lowest BCUT2D eigenvalue weighted by Crippen LogP contribution is -2.42. The van der Waals surface area contributed by atoms with Crippen molar-refractivity contribution < 1.29 is 17.5 Å². The summed E-state index contributed by atoms with van der Waals surface area (Å²) in [5.41, 5.74) is 0.575. The molecule has 0 bridgehead atoms. The maximum Gasteiger partial charge on any atom is 0.241 e. The summed E-state index contributed by atoms with van der Waals surface area (Å²) in [6, 6.07) is 13.3. The number of sulfonamides is 1. The summed E-state index contributed by atoms with van der Waals surface area (Å²) in [7, 11) is -3.45. The first-order valence-electron chi connectivity index (χ1n) is 9.11. The second-order valence-corrected chi connectivity index (χ2v) is 8.80. The van der Waals surface area contributed by atoms with Gasteiger partial charge in [0.1, 0.15) is 11.9 Å². The molecule has 0 amide bonds. The van der Waals surface area contributed by atoms with Gasteiger partial charge < -0.3 is 4.74 Å². The van der Waals surface area contributed by atoms with Crippen LogP contribution in [0, 0.1) is 5.82 Å². The van der Waals surface area contributed by atoms with Crippen LogP contribution in [0.15, 0.2) is 54.7 Å². The fourth-order valence-electron chi connectivity index (χ4n) is 3.36. The van der Waals surface area contributed by atoms with E-state index >= 15 is 0 Å². The van der Waals surface area contributed by atoms with Gasteiger partial charge in [-0.2, -0.15) is 5.10 Å². The number of piperidine rings is 1. The Hall–Kier alpha value is -2.58. The van der Waals surface area contributed by atoms with Gasteiger partial charge in [0.25, 0.3) is 0 Å². The van der Waals surface area contributed by atoms with Crippen molar-refractivity contribution in [2.45, 2.75) is 24.7 Å². The standard InChI is InChI=1S/C20H20FN3O3S/c21-17-7-5-15(6-8-17)14-28(25,26)24-11-9-18(10-12-24)27-20-19-4-2-1-3-16(19)13-22-23-20/h1-8,13,18H,9-12,14H2. The van der Waals surface area contributed by atoms with Crippen LogP contribution < -0.4 is 4.74 Å². The Morgan fingerprint density at radius 1 is 1.07 bits per heavy atom. The fourth-order valence-corrected chi connectivity index (χ4v) is 4.92. The molecule has 0 saturated carbocycles. The predicted molar refractivity (Wildman–Crippen MR) is 104 cm³/mol. The van der Waals surface area contributed by atoms with Gasteiger partial charge >= 0.3 is 0 Å². The van der Waals surface area contributed by atoms with E-state index in [1.165, 1.54) is 28.6 Å². The SMILES string of the molecule is O=S(=O)(Cc1ccc(F)cc1)N1CCC(Oc2nncc3ccccc23)CC1. The van der Waals surface area contributed by atoms with Crippen molar-refractivity contribution in [3.63, 3.8) is 0 Å². The number of aromatic nitrogens is 2. The summed E-state index contributed by atoms with van der Waals surface area (Å²) in [5, 5.41) is 9.92. The molecular formula is C20H20FN3O3S. The first-order chi connectivity index (χ1) is 13.5. The monoisotopic (exact) mass is 401 g/mol. The van der Waals surface area contributed by atoms with Gasteiger partial charge in [0.15, 0.2) is 0 Å². The second-order valence-electron chi connectivity index (χ2n) is 6.84. The Morgan fingerprint density at radius 3 is 2.54 bits per heavy atom. The van der Waals surface area contributed by atoms with Crippen LogP contribution in [0.2, 0.25) is 0 Å². The smallest absolute Gasteiger partial charge is 0.241 e. The van der Waals surface area contributed by atoms with Crippen LogP contribution in [0.5, 0.6) is 5.88 Å². The fraction of sp³-hybridized carbons (Fsp3) is 0.300. The maximum atomic E-state index is 13.0. The topological polar surface area (TPSA) is 72.4 Å². The molecule has 2 aromatic carbocycles. The molecule has 0 aliphatic carbocycles. The average Bonchev–Trinajstić information content (AvgIpc) is 2.70. The Balaban J connectivity index is 1.39. The highest BCUT2D eigenvalue weighted by atomic mass is 32.2. The van der Waals surface area contributed by atoms with Crippen molar-refractivity contribution in [2.24, 2.45) is 0 Å². The van der Waals surface area contributed by atoms with Crippen molar-refractivity contribution in [1.82, 2.24) is 14.5 Å². The van der Waals surface area contributed by atoms with Gasteiger partial charge in [-0.1, -0.05) is 30.3 Å². The molecule has 2 heterocycles. The van der Waals surface area contributed by atoms with Gasteiger partial charge in [-0.3, -0.25) is 0 Å². The number of hydrogen-bond acceptors (Lipinski definition) is 5. The molecule has 1 aromatic heterocycles. The molecule has 28 heavy (non-hydrogen) atoms. The molecule has 0 N–H and O–H groups in total. The van der Waals surface area contributed by atoms with E-state index in [0.717, 1.165) is 10.8 Å². The molecular weight excluding hydrogens is 381 g/mol. The number of ether oxygens (including phenoxy) is 1. The number of benzene rings is 2. The molecule has 6 nitrogen and oxygen atoms in total. The zero-order valence-corrected chi connectivity index (χ0v) is 16.0. The van der Waals surface area contributed by atoms with Gasteiger partial charge in [0.05, 0.1) is 11.9 Å². The minimum Gasteiger partial charge on any atom is -0.473 e. The third-order valence-corrected chi connectivity index (χ3v) is 6.72. The number of hydrogen-bond donors (Lipinski definition) is 0. The summed E-state index contributed by atoms with van der Waals surface area (Å²) in [6.07, 6.45) is 2.73. The van der Waals surface area contributed by atoms with E-state index < -0.39 is 10.0 Å². The van der Waals surface area contributed by atoms with Gasteiger partial charge in [-0.05, 0) is 36.6 Å². The summed E-state index contributed by atoms with van der Waals surface area (Å²) in [4.78, 5) is 0. The van der Waals surface area contributed by atoms with Gasteiger partial charge in [-0.25, -0.2) is 17.1 Å². The average molecular weight is 401 g/mol. The van der Waals surface area contributed by atoms with Gasteiger partial charge in [-0.15, -0.1) is 5.10 Å². The van der Waals surface area contributed by atoms with Crippen LogP contribution >= 0.6 is 0 Å². The van der Waals surface area contributed by atoms with Crippen molar-refractivity contribution in [3.8, 4) is 5.88 Å². The third kappa shape index (κ3) is 4.13. The maximum absolute atomic E-state index is 13.0. The summed E-state index contributed by atoms with van der Waals surface area (Å²) < 4.78 is 45.8. The second kappa shape index (κ2) is 7.81. The predicted octanol–water partition coefficient (Wildman–Crippen LogP) is 3.14. The van der Waals surface area contributed by atoms with E-state index in [1.54, 1.807) is 6.20 Å². The molecule has 0 spiro atoms. The molecule has 1 aliphatic rings. The Labute approximate surface area is 163 Å². The number of fused-ring (bicyclic) bond motifs is 1.